The van der Waals surface area contributed by atoms with Crippen LogP contribution in [0.1, 0.15) is 33.9 Å². The third-order valence-corrected chi connectivity index (χ3v) is 3.99. The molecule has 2 rings (SSSR count). The van der Waals surface area contributed by atoms with Gasteiger partial charge in [-0.2, -0.15) is 0 Å². The first-order valence-electron chi connectivity index (χ1n) is 7.82. The molecule has 0 spiro atoms. The van der Waals surface area contributed by atoms with Crippen LogP contribution in [0.5, 0.6) is 0 Å². The molecule has 0 bridgehead atoms. The molecular formula is C19H24N2O2. The van der Waals surface area contributed by atoms with Crippen molar-refractivity contribution < 1.29 is 9.90 Å². The molecule has 0 heterocycles. The van der Waals surface area contributed by atoms with Crippen molar-refractivity contribution in [2.24, 2.45) is 0 Å². The van der Waals surface area contributed by atoms with E-state index < -0.39 is 0 Å². The maximum absolute atomic E-state index is 11.6. The van der Waals surface area contributed by atoms with Crippen molar-refractivity contribution in [3.05, 3.63) is 71.3 Å². The molecule has 2 aromatic rings. The fourth-order valence-electron chi connectivity index (χ4n) is 2.74. The second-order valence-electron chi connectivity index (χ2n) is 5.63. The number of rotatable bonds is 7. The number of carbonyl (C=O) groups is 1. The minimum Gasteiger partial charge on any atom is -0.396 e. The lowest BCUT2D eigenvalue weighted by molar-refractivity contribution is 0.0963. The Labute approximate surface area is 137 Å². The number of aliphatic hydroxyl groups is 1. The Hall–Kier alpha value is -2.17. The smallest absolute Gasteiger partial charge is 0.251 e. The zero-order chi connectivity index (χ0) is 16.7. The van der Waals surface area contributed by atoms with Crippen LogP contribution in [0.15, 0.2) is 54.6 Å². The predicted octanol–water partition coefficient (Wildman–Crippen LogP) is 2.60. The standard InChI is InChI=1S/C19H24N2O2/c1-20-19(23)17-10-8-15(9-11-17)14-21(2)18(12-13-22)16-6-4-3-5-7-16/h3-11,18,22H,12-14H2,1-2H3,(H,20,23)/t18-/m1/s1. The summed E-state index contributed by atoms with van der Waals surface area (Å²) in [7, 11) is 3.68. The molecule has 2 aromatic carbocycles. The highest BCUT2D eigenvalue weighted by Gasteiger charge is 2.16. The lowest BCUT2D eigenvalue weighted by atomic mass is 10.0. The average molecular weight is 312 g/mol. The van der Waals surface area contributed by atoms with Gasteiger partial charge in [-0.3, -0.25) is 9.69 Å². The Bertz CT molecular complexity index is 611. The molecule has 4 nitrogen and oxygen atoms in total. The molecule has 0 radical (unpaired) electrons. The van der Waals surface area contributed by atoms with E-state index in [2.05, 4.69) is 29.4 Å². The van der Waals surface area contributed by atoms with Crippen molar-refractivity contribution in [2.75, 3.05) is 20.7 Å². The monoisotopic (exact) mass is 312 g/mol. The first kappa shape index (κ1) is 17.2. The van der Waals surface area contributed by atoms with Gasteiger partial charge in [0.2, 0.25) is 0 Å². The second kappa shape index (κ2) is 8.46. The molecule has 0 aliphatic heterocycles. The molecular weight excluding hydrogens is 288 g/mol. The molecule has 0 saturated heterocycles. The fraction of sp³-hybridized carbons (Fsp3) is 0.316. The van der Waals surface area contributed by atoms with Crippen LogP contribution in [0.2, 0.25) is 0 Å². The molecule has 122 valence electrons. The van der Waals surface area contributed by atoms with Gasteiger partial charge in [0.05, 0.1) is 0 Å². The predicted molar refractivity (Wildman–Crippen MR) is 92.2 cm³/mol. The maximum Gasteiger partial charge on any atom is 0.251 e. The molecule has 2 N–H and O–H groups in total. The fourth-order valence-corrected chi connectivity index (χ4v) is 2.74. The Balaban J connectivity index is 2.09. The third-order valence-electron chi connectivity index (χ3n) is 3.99. The number of nitrogens with zero attached hydrogens (tertiary/aromatic N) is 1. The van der Waals surface area contributed by atoms with Crippen LogP contribution in [0.4, 0.5) is 0 Å². The second-order valence-corrected chi connectivity index (χ2v) is 5.63. The molecule has 23 heavy (non-hydrogen) atoms. The van der Waals surface area contributed by atoms with Gasteiger partial charge < -0.3 is 10.4 Å². The number of benzene rings is 2. The summed E-state index contributed by atoms with van der Waals surface area (Å²) >= 11 is 0. The Kier molecular flexibility index (Phi) is 6.32. The van der Waals surface area contributed by atoms with Gasteiger partial charge in [-0.05, 0) is 36.7 Å². The number of nitrogens with one attached hydrogen (secondary N) is 1. The lowest BCUT2D eigenvalue weighted by Crippen LogP contribution is -2.25. The minimum atomic E-state index is -0.0765. The highest BCUT2D eigenvalue weighted by Crippen LogP contribution is 2.24. The van der Waals surface area contributed by atoms with Gasteiger partial charge in [0.25, 0.3) is 5.91 Å². The van der Waals surface area contributed by atoms with Crippen LogP contribution in [-0.2, 0) is 6.54 Å². The summed E-state index contributed by atoms with van der Waals surface area (Å²) in [5.41, 5.74) is 3.00. The molecule has 0 aromatic heterocycles. The summed E-state index contributed by atoms with van der Waals surface area (Å²) in [4.78, 5) is 13.8. The highest BCUT2D eigenvalue weighted by molar-refractivity contribution is 5.93. The van der Waals surface area contributed by atoms with Crippen molar-refractivity contribution in [3.63, 3.8) is 0 Å². The van der Waals surface area contributed by atoms with Gasteiger partial charge in [-0.15, -0.1) is 0 Å². The normalized spacial score (nSPS) is 12.2. The van der Waals surface area contributed by atoms with Gasteiger partial charge in [0.15, 0.2) is 0 Å². The summed E-state index contributed by atoms with van der Waals surface area (Å²) in [6.45, 7) is 0.910. The maximum atomic E-state index is 11.6. The first-order chi connectivity index (χ1) is 11.2. The van der Waals surface area contributed by atoms with Gasteiger partial charge in [0, 0.05) is 31.8 Å². The van der Waals surface area contributed by atoms with Crippen LogP contribution in [0, 0.1) is 0 Å². The average Bonchev–Trinajstić information content (AvgIpc) is 2.60. The number of hydrogen-bond acceptors (Lipinski definition) is 3. The van der Waals surface area contributed by atoms with E-state index in [0.717, 1.165) is 12.1 Å². The van der Waals surface area contributed by atoms with Crippen LogP contribution < -0.4 is 5.32 Å². The number of hydrogen-bond donors (Lipinski definition) is 2. The molecule has 4 heteroatoms. The molecule has 0 fully saturated rings. The SMILES string of the molecule is CNC(=O)c1ccc(CN(C)[C@H](CCO)c2ccccc2)cc1. The van der Waals surface area contributed by atoms with E-state index in [1.165, 1.54) is 5.56 Å². The van der Waals surface area contributed by atoms with Crippen LogP contribution >= 0.6 is 0 Å². The van der Waals surface area contributed by atoms with E-state index in [1.807, 2.05) is 42.5 Å². The Morgan fingerprint density at radius 1 is 1.13 bits per heavy atom. The quantitative estimate of drug-likeness (QED) is 0.826. The molecule has 1 atom stereocenters. The summed E-state index contributed by atoms with van der Waals surface area (Å²) in [5, 5.41) is 12.0. The molecule has 0 aliphatic carbocycles. The zero-order valence-electron chi connectivity index (χ0n) is 13.7. The van der Waals surface area contributed by atoms with Crippen molar-refractivity contribution >= 4 is 5.91 Å². The Morgan fingerprint density at radius 3 is 2.35 bits per heavy atom. The van der Waals surface area contributed by atoms with Crippen LogP contribution in [-0.4, -0.2) is 36.6 Å². The topological polar surface area (TPSA) is 52.6 Å². The van der Waals surface area contributed by atoms with E-state index >= 15 is 0 Å². The van der Waals surface area contributed by atoms with Gasteiger partial charge in [-0.1, -0.05) is 42.5 Å². The Morgan fingerprint density at radius 2 is 1.78 bits per heavy atom. The van der Waals surface area contributed by atoms with E-state index in [4.69, 9.17) is 0 Å². The molecule has 0 unspecified atom stereocenters. The van der Waals surface area contributed by atoms with E-state index in [-0.39, 0.29) is 18.6 Å². The summed E-state index contributed by atoms with van der Waals surface area (Å²) < 4.78 is 0. The van der Waals surface area contributed by atoms with Gasteiger partial charge in [0.1, 0.15) is 0 Å². The largest absolute Gasteiger partial charge is 0.396 e. The van der Waals surface area contributed by atoms with Gasteiger partial charge >= 0.3 is 0 Å². The van der Waals surface area contributed by atoms with Crippen LogP contribution in [0.3, 0.4) is 0 Å². The third kappa shape index (κ3) is 4.65. The number of aliphatic hydroxyl groups excluding tert-OH is 1. The molecule has 1 amide bonds. The van der Waals surface area contributed by atoms with Crippen molar-refractivity contribution in [1.29, 1.82) is 0 Å². The molecule has 0 saturated carbocycles. The summed E-state index contributed by atoms with van der Waals surface area (Å²) in [6.07, 6.45) is 0.691. The summed E-state index contributed by atoms with van der Waals surface area (Å²) in [5.74, 6) is -0.0765. The number of amides is 1. The lowest BCUT2D eigenvalue weighted by Gasteiger charge is -2.28. The van der Waals surface area contributed by atoms with Crippen molar-refractivity contribution in [2.45, 2.75) is 19.0 Å². The van der Waals surface area contributed by atoms with E-state index in [0.29, 0.717) is 12.0 Å². The van der Waals surface area contributed by atoms with Crippen LogP contribution in [0.25, 0.3) is 0 Å². The summed E-state index contributed by atoms with van der Waals surface area (Å²) in [6, 6.07) is 18.0. The molecule has 0 aliphatic rings. The van der Waals surface area contributed by atoms with Crippen molar-refractivity contribution in [3.8, 4) is 0 Å². The van der Waals surface area contributed by atoms with E-state index in [9.17, 15) is 9.90 Å². The highest BCUT2D eigenvalue weighted by atomic mass is 16.3. The van der Waals surface area contributed by atoms with Gasteiger partial charge in [-0.25, -0.2) is 0 Å². The van der Waals surface area contributed by atoms with E-state index in [1.54, 1.807) is 7.05 Å². The van der Waals surface area contributed by atoms with Crippen molar-refractivity contribution in [1.82, 2.24) is 10.2 Å². The first-order valence-corrected chi connectivity index (χ1v) is 7.82. The zero-order valence-corrected chi connectivity index (χ0v) is 13.7. The number of carbonyl (C=O) groups excluding carboxylic acids is 1. The minimum absolute atomic E-state index is 0.0765.